The second kappa shape index (κ2) is 10.6. The molecule has 3 aromatic carbocycles. The Morgan fingerprint density at radius 3 is 2.49 bits per heavy atom. The van der Waals surface area contributed by atoms with E-state index in [-0.39, 0.29) is 29.6 Å². The molecule has 1 atom stereocenters. The van der Waals surface area contributed by atoms with Gasteiger partial charge < -0.3 is 24.4 Å². The zero-order valence-corrected chi connectivity index (χ0v) is 20.5. The highest BCUT2D eigenvalue weighted by Crippen LogP contribution is 2.40. The molecule has 0 spiro atoms. The van der Waals surface area contributed by atoms with Crippen LogP contribution in [-0.4, -0.2) is 37.5 Å². The van der Waals surface area contributed by atoms with Gasteiger partial charge in [0.1, 0.15) is 23.3 Å². The van der Waals surface area contributed by atoms with Gasteiger partial charge in [0.05, 0.1) is 31.4 Å². The molecule has 37 heavy (non-hydrogen) atoms. The zero-order valence-electron chi connectivity index (χ0n) is 19.8. The van der Waals surface area contributed by atoms with Crippen LogP contribution in [0.3, 0.4) is 0 Å². The first-order valence-corrected chi connectivity index (χ1v) is 11.4. The van der Waals surface area contributed by atoms with Crippen LogP contribution in [0.25, 0.3) is 0 Å². The van der Waals surface area contributed by atoms with E-state index < -0.39 is 29.6 Å². The summed E-state index contributed by atoms with van der Waals surface area (Å²) in [7, 11) is 2.97. The predicted octanol–water partition coefficient (Wildman–Crippen LogP) is 5.48. The summed E-state index contributed by atoms with van der Waals surface area (Å²) < 4.78 is 55.2. The maximum atomic E-state index is 13.6. The number of benzene rings is 3. The van der Waals surface area contributed by atoms with Crippen LogP contribution in [0.15, 0.2) is 60.7 Å². The van der Waals surface area contributed by atoms with Gasteiger partial charge in [-0.25, -0.2) is 0 Å². The van der Waals surface area contributed by atoms with Gasteiger partial charge in [-0.05, 0) is 42.5 Å². The molecule has 3 aromatic rings. The number of para-hydroxylation sites is 1. The van der Waals surface area contributed by atoms with Crippen LogP contribution >= 0.6 is 11.6 Å². The van der Waals surface area contributed by atoms with Crippen LogP contribution in [0.5, 0.6) is 17.2 Å². The molecule has 4 rings (SSSR count). The van der Waals surface area contributed by atoms with E-state index in [0.717, 1.165) is 24.3 Å². The first-order chi connectivity index (χ1) is 17.6. The van der Waals surface area contributed by atoms with Crippen LogP contribution in [-0.2, 0) is 22.3 Å². The summed E-state index contributed by atoms with van der Waals surface area (Å²) in [4.78, 5) is 28.1. The number of nitrogens with zero attached hydrogens (tertiary/aromatic N) is 1. The smallest absolute Gasteiger partial charge is 0.416 e. The van der Waals surface area contributed by atoms with Crippen molar-refractivity contribution < 1.29 is 37.0 Å². The number of carbonyl (C=O) groups is 2. The minimum Gasteiger partial charge on any atom is -0.497 e. The minimum atomic E-state index is -4.52. The van der Waals surface area contributed by atoms with Crippen molar-refractivity contribution >= 4 is 29.1 Å². The van der Waals surface area contributed by atoms with E-state index in [2.05, 4.69) is 5.32 Å². The van der Waals surface area contributed by atoms with E-state index >= 15 is 0 Å². The van der Waals surface area contributed by atoms with Crippen molar-refractivity contribution in [1.82, 2.24) is 4.90 Å². The van der Waals surface area contributed by atoms with Crippen molar-refractivity contribution in [2.75, 3.05) is 26.1 Å². The minimum absolute atomic E-state index is 0.0353. The largest absolute Gasteiger partial charge is 0.497 e. The number of fused-ring (bicyclic) bond motifs is 1. The third kappa shape index (κ3) is 5.59. The average Bonchev–Trinajstić information content (AvgIpc) is 3.01. The summed E-state index contributed by atoms with van der Waals surface area (Å²) in [6.45, 7) is -0.411. The van der Waals surface area contributed by atoms with Gasteiger partial charge in [0.2, 0.25) is 0 Å². The first kappa shape index (κ1) is 26.2. The fraction of sp³-hybridized carbons (Fsp3) is 0.231. The normalized spacial score (nSPS) is 15.4. The Morgan fingerprint density at radius 2 is 1.84 bits per heavy atom. The van der Waals surface area contributed by atoms with Gasteiger partial charge in [0.25, 0.3) is 11.8 Å². The molecular formula is C26H22ClF3N2O5. The lowest BCUT2D eigenvalue weighted by Crippen LogP contribution is -2.41. The van der Waals surface area contributed by atoms with Crippen LogP contribution in [0.1, 0.15) is 22.7 Å². The highest BCUT2D eigenvalue weighted by molar-refractivity contribution is 6.32. The van der Waals surface area contributed by atoms with Gasteiger partial charge in [0.15, 0.2) is 6.61 Å². The number of halogens is 4. The highest BCUT2D eigenvalue weighted by Gasteiger charge is 2.38. The Bertz CT molecular complexity index is 1310. The molecule has 0 saturated carbocycles. The van der Waals surface area contributed by atoms with Crippen LogP contribution < -0.4 is 19.5 Å². The summed E-state index contributed by atoms with van der Waals surface area (Å²) >= 11 is 6.31. The molecule has 0 bridgehead atoms. The molecule has 0 aromatic heterocycles. The molecule has 2 amide bonds. The molecule has 0 aliphatic carbocycles. The number of alkyl halides is 3. The van der Waals surface area contributed by atoms with Gasteiger partial charge in [-0.15, -0.1) is 0 Å². The lowest BCUT2D eigenvalue weighted by atomic mass is 10.0. The number of hydrogen-bond acceptors (Lipinski definition) is 5. The van der Waals surface area contributed by atoms with Crippen LogP contribution in [0, 0.1) is 0 Å². The fourth-order valence-corrected chi connectivity index (χ4v) is 4.24. The third-order valence-electron chi connectivity index (χ3n) is 5.83. The Balaban J connectivity index is 1.73. The molecule has 0 radical (unpaired) electrons. The second-order valence-electron chi connectivity index (χ2n) is 8.11. The summed E-state index contributed by atoms with van der Waals surface area (Å²) in [6.07, 6.45) is -4.52. The lowest BCUT2D eigenvalue weighted by Gasteiger charge is -2.30. The zero-order chi connectivity index (χ0) is 26.7. The van der Waals surface area contributed by atoms with E-state index in [0.29, 0.717) is 22.6 Å². The Labute approximate surface area is 215 Å². The predicted molar refractivity (Wildman–Crippen MR) is 130 cm³/mol. The van der Waals surface area contributed by atoms with Crippen molar-refractivity contribution in [2.45, 2.75) is 18.8 Å². The Morgan fingerprint density at radius 1 is 1.11 bits per heavy atom. The van der Waals surface area contributed by atoms with Crippen LogP contribution in [0.4, 0.5) is 18.9 Å². The van der Waals surface area contributed by atoms with Gasteiger partial charge >= 0.3 is 6.18 Å². The topological polar surface area (TPSA) is 77.1 Å². The number of ether oxygens (including phenoxy) is 3. The molecule has 194 valence electrons. The van der Waals surface area contributed by atoms with Gasteiger partial charge in [-0.1, -0.05) is 23.7 Å². The summed E-state index contributed by atoms with van der Waals surface area (Å²) in [5.41, 5.74) is 0.194. The number of methoxy groups -OCH3 is 2. The first-order valence-electron chi connectivity index (χ1n) is 11.0. The number of anilines is 1. The molecule has 1 aliphatic heterocycles. The standard InChI is InChI=1S/C26H22ClF3N2O5/c1-35-18-11-6-15(21(12-18)36-2)13-32-22(33)14-37-24-19(4-3-5-20(24)27)23(32)25(34)31-17-9-7-16(8-10-17)26(28,29)30/h3-12,23H,13-14H2,1-2H3,(H,31,34). The van der Waals surface area contributed by atoms with E-state index in [1.54, 1.807) is 36.4 Å². The summed E-state index contributed by atoms with van der Waals surface area (Å²) in [5.74, 6) is -0.00743. The molecule has 0 fully saturated rings. The molecule has 1 unspecified atom stereocenters. The number of nitrogens with one attached hydrogen (secondary N) is 1. The SMILES string of the molecule is COc1ccc(CN2C(=O)COc3c(Cl)cccc3C2C(=O)Nc2ccc(C(F)(F)F)cc2)c(OC)c1. The van der Waals surface area contributed by atoms with Gasteiger partial charge in [-0.2, -0.15) is 13.2 Å². The number of hydrogen-bond donors (Lipinski definition) is 1. The monoisotopic (exact) mass is 534 g/mol. The lowest BCUT2D eigenvalue weighted by molar-refractivity contribution is -0.140. The fourth-order valence-electron chi connectivity index (χ4n) is 4.00. The van der Waals surface area contributed by atoms with Gasteiger partial charge in [-0.3, -0.25) is 9.59 Å². The molecular weight excluding hydrogens is 513 g/mol. The number of carbonyl (C=O) groups excluding carboxylic acids is 2. The number of rotatable bonds is 6. The van der Waals surface area contributed by atoms with Gasteiger partial charge in [0, 0.05) is 22.9 Å². The van der Waals surface area contributed by atoms with Crippen molar-refractivity contribution in [3.63, 3.8) is 0 Å². The van der Waals surface area contributed by atoms with Crippen LogP contribution in [0.2, 0.25) is 5.02 Å². The second-order valence-corrected chi connectivity index (χ2v) is 8.52. The molecule has 7 nitrogen and oxygen atoms in total. The Hall–Kier alpha value is -3.92. The molecule has 11 heteroatoms. The maximum absolute atomic E-state index is 13.6. The van der Waals surface area contributed by atoms with E-state index in [9.17, 15) is 22.8 Å². The van der Waals surface area contributed by atoms with Crippen molar-refractivity contribution in [2.24, 2.45) is 0 Å². The molecule has 1 N–H and O–H groups in total. The number of amides is 2. The molecule has 0 saturated heterocycles. The molecule has 1 aliphatic rings. The summed E-state index contributed by atoms with van der Waals surface area (Å²) in [6, 6.07) is 12.6. The third-order valence-corrected chi connectivity index (χ3v) is 6.12. The Kier molecular flexibility index (Phi) is 7.49. The average molecular weight is 535 g/mol. The molecule has 1 heterocycles. The van der Waals surface area contributed by atoms with E-state index in [1.807, 2.05) is 0 Å². The quantitative estimate of drug-likeness (QED) is 0.453. The highest BCUT2D eigenvalue weighted by atomic mass is 35.5. The summed E-state index contributed by atoms with van der Waals surface area (Å²) in [5, 5.41) is 2.82. The van der Waals surface area contributed by atoms with E-state index in [4.69, 9.17) is 25.8 Å². The van der Waals surface area contributed by atoms with Crippen molar-refractivity contribution in [3.05, 3.63) is 82.4 Å². The maximum Gasteiger partial charge on any atom is 0.416 e. The van der Waals surface area contributed by atoms with Crippen molar-refractivity contribution in [1.29, 1.82) is 0 Å². The van der Waals surface area contributed by atoms with E-state index in [1.165, 1.54) is 19.1 Å². The van der Waals surface area contributed by atoms with Crippen molar-refractivity contribution in [3.8, 4) is 17.2 Å².